The number of hydrogen-bond acceptors (Lipinski definition) is 3. The Hall–Kier alpha value is -2.63. The van der Waals surface area contributed by atoms with E-state index in [0.29, 0.717) is 17.0 Å². The molecule has 1 heterocycles. The number of carbonyl (C=O) groups is 2. The van der Waals surface area contributed by atoms with Gasteiger partial charge in [-0.25, -0.2) is 4.79 Å². The summed E-state index contributed by atoms with van der Waals surface area (Å²) in [5.41, 5.74) is 2.58. The molecule has 116 valence electrons. The van der Waals surface area contributed by atoms with E-state index in [1.165, 1.54) is 0 Å². The first kappa shape index (κ1) is 15.8. The normalized spacial score (nSPS) is 12.0. The van der Waals surface area contributed by atoms with Crippen LogP contribution in [0.1, 0.15) is 27.3 Å². The summed E-state index contributed by atoms with van der Waals surface area (Å²) in [6.07, 6.45) is 0.236. The second-order valence-corrected chi connectivity index (χ2v) is 5.22. The largest absolute Gasteiger partial charge is 0.480 e. The van der Waals surface area contributed by atoms with Gasteiger partial charge in [0.1, 0.15) is 6.04 Å². The van der Waals surface area contributed by atoms with E-state index in [9.17, 15) is 14.7 Å². The first-order valence-corrected chi connectivity index (χ1v) is 6.98. The lowest BCUT2D eigenvalue weighted by atomic mass is 10.1. The number of amides is 1. The molecule has 0 saturated carbocycles. The van der Waals surface area contributed by atoms with E-state index in [1.54, 1.807) is 25.6 Å². The molecule has 0 bridgehead atoms. The van der Waals surface area contributed by atoms with Crippen LogP contribution >= 0.6 is 0 Å². The van der Waals surface area contributed by atoms with Crippen molar-refractivity contribution in [3.8, 4) is 0 Å². The molecule has 1 atom stereocenters. The molecule has 0 fully saturated rings. The van der Waals surface area contributed by atoms with Gasteiger partial charge in [0.25, 0.3) is 5.91 Å². The lowest BCUT2D eigenvalue weighted by Crippen LogP contribution is -2.42. The number of rotatable bonds is 5. The van der Waals surface area contributed by atoms with Crippen molar-refractivity contribution in [1.29, 1.82) is 0 Å². The monoisotopic (exact) mass is 301 g/mol. The van der Waals surface area contributed by atoms with Crippen molar-refractivity contribution in [3.05, 3.63) is 52.8 Å². The van der Waals surface area contributed by atoms with Gasteiger partial charge in [-0.1, -0.05) is 30.3 Å². The summed E-state index contributed by atoms with van der Waals surface area (Å²) in [6, 6.07) is 8.23. The third-order valence-corrected chi connectivity index (χ3v) is 3.62. The molecular weight excluding hydrogens is 282 g/mol. The Morgan fingerprint density at radius 2 is 1.91 bits per heavy atom. The number of carboxylic acids is 1. The molecule has 0 aliphatic rings. The predicted octanol–water partition coefficient (Wildman–Crippen LogP) is 1.46. The van der Waals surface area contributed by atoms with Gasteiger partial charge in [-0.2, -0.15) is 5.10 Å². The predicted molar refractivity (Wildman–Crippen MR) is 81.7 cm³/mol. The molecule has 2 aromatic rings. The number of carboxylic acid groups (broad SMARTS) is 1. The summed E-state index contributed by atoms with van der Waals surface area (Å²) in [5, 5.41) is 16.1. The molecule has 1 amide bonds. The maximum absolute atomic E-state index is 12.4. The molecular formula is C16H19N3O3. The maximum Gasteiger partial charge on any atom is 0.326 e. The fourth-order valence-corrected chi connectivity index (χ4v) is 2.38. The van der Waals surface area contributed by atoms with E-state index in [4.69, 9.17) is 0 Å². The van der Waals surface area contributed by atoms with Crippen LogP contribution in [0.5, 0.6) is 0 Å². The van der Waals surface area contributed by atoms with E-state index in [2.05, 4.69) is 10.4 Å². The lowest BCUT2D eigenvalue weighted by molar-refractivity contribution is -0.139. The van der Waals surface area contributed by atoms with Gasteiger partial charge >= 0.3 is 5.97 Å². The summed E-state index contributed by atoms with van der Waals surface area (Å²) in [7, 11) is 1.75. The average Bonchev–Trinajstić information content (AvgIpc) is 2.72. The zero-order chi connectivity index (χ0) is 16.3. The molecule has 0 spiro atoms. The number of benzene rings is 1. The van der Waals surface area contributed by atoms with Gasteiger partial charge in [0.15, 0.2) is 0 Å². The SMILES string of the molecule is Cc1nn(C)c(C)c1C(=O)N[C@H](Cc1ccccc1)C(=O)O. The van der Waals surface area contributed by atoms with Crippen LogP contribution in [0.2, 0.25) is 0 Å². The van der Waals surface area contributed by atoms with Gasteiger partial charge in [-0.3, -0.25) is 9.48 Å². The minimum absolute atomic E-state index is 0.236. The fourth-order valence-electron chi connectivity index (χ4n) is 2.38. The highest BCUT2D eigenvalue weighted by atomic mass is 16.4. The van der Waals surface area contributed by atoms with Crippen LogP contribution in [0.3, 0.4) is 0 Å². The Balaban J connectivity index is 2.17. The molecule has 22 heavy (non-hydrogen) atoms. The number of hydrogen-bond donors (Lipinski definition) is 2. The van der Waals surface area contributed by atoms with Crippen molar-refractivity contribution >= 4 is 11.9 Å². The van der Waals surface area contributed by atoms with Crippen LogP contribution < -0.4 is 5.32 Å². The smallest absolute Gasteiger partial charge is 0.326 e. The van der Waals surface area contributed by atoms with Gasteiger partial charge in [-0.15, -0.1) is 0 Å². The van der Waals surface area contributed by atoms with Gasteiger partial charge < -0.3 is 10.4 Å². The molecule has 0 unspecified atom stereocenters. The van der Waals surface area contributed by atoms with E-state index in [0.717, 1.165) is 5.56 Å². The zero-order valence-electron chi connectivity index (χ0n) is 12.8. The molecule has 0 radical (unpaired) electrons. The van der Waals surface area contributed by atoms with Crippen LogP contribution in [0, 0.1) is 13.8 Å². The standard InChI is InChI=1S/C16H19N3O3/c1-10-14(11(2)19(3)18-10)15(20)17-13(16(21)22)9-12-7-5-4-6-8-12/h4-8,13H,9H2,1-3H3,(H,17,20)(H,21,22)/t13-/m1/s1. The molecule has 6 nitrogen and oxygen atoms in total. The van der Waals surface area contributed by atoms with Crippen LogP contribution in [0.25, 0.3) is 0 Å². The van der Waals surface area contributed by atoms with Crippen LogP contribution in [0.4, 0.5) is 0 Å². The second-order valence-electron chi connectivity index (χ2n) is 5.22. The zero-order valence-corrected chi connectivity index (χ0v) is 12.8. The van der Waals surface area contributed by atoms with E-state index in [1.807, 2.05) is 30.3 Å². The van der Waals surface area contributed by atoms with E-state index < -0.39 is 17.9 Å². The molecule has 1 aromatic carbocycles. The summed E-state index contributed by atoms with van der Waals surface area (Å²) in [5.74, 6) is -1.47. The minimum atomic E-state index is -1.06. The quantitative estimate of drug-likeness (QED) is 0.875. The number of nitrogens with one attached hydrogen (secondary N) is 1. The third-order valence-electron chi connectivity index (χ3n) is 3.62. The van der Waals surface area contributed by atoms with E-state index >= 15 is 0 Å². The molecule has 0 saturated heterocycles. The van der Waals surface area contributed by atoms with Crippen LogP contribution in [-0.4, -0.2) is 32.8 Å². The summed E-state index contributed by atoms with van der Waals surface area (Å²) >= 11 is 0. The summed E-state index contributed by atoms with van der Waals surface area (Å²) < 4.78 is 1.61. The summed E-state index contributed by atoms with van der Waals surface area (Å²) in [6.45, 7) is 3.51. The molecule has 1 aromatic heterocycles. The Morgan fingerprint density at radius 3 is 2.41 bits per heavy atom. The highest BCUT2D eigenvalue weighted by Crippen LogP contribution is 2.12. The Morgan fingerprint density at radius 1 is 1.27 bits per heavy atom. The lowest BCUT2D eigenvalue weighted by Gasteiger charge is -2.15. The van der Waals surface area contributed by atoms with Gasteiger partial charge in [-0.05, 0) is 19.4 Å². The third kappa shape index (κ3) is 3.33. The van der Waals surface area contributed by atoms with Crippen molar-refractivity contribution in [1.82, 2.24) is 15.1 Å². The fraction of sp³-hybridized carbons (Fsp3) is 0.312. The molecule has 2 N–H and O–H groups in total. The van der Waals surface area contributed by atoms with Crippen LogP contribution in [0.15, 0.2) is 30.3 Å². The first-order valence-electron chi connectivity index (χ1n) is 6.98. The highest BCUT2D eigenvalue weighted by molar-refractivity contribution is 5.98. The van der Waals surface area contributed by atoms with Gasteiger partial charge in [0.05, 0.1) is 11.3 Å². The van der Waals surface area contributed by atoms with Crippen molar-refractivity contribution in [2.75, 3.05) is 0 Å². The molecule has 6 heteroatoms. The number of carbonyl (C=O) groups excluding carboxylic acids is 1. The minimum Gasteiger partial charge on any atom is -0.480 e. The average molecular weight is 301 g/mol. The van der Waals surface area contributed by atoms with Crippen molar-refractivity contribution in [2.24, 2.45) is 7.05 Å². The van der Waals surface area contributed by atoms with Gasteiger partial charge in [0.2, 0.25) is 0 Å². The van der Waals surface area contributed by atoms with Gasteiger partial charge in [0, 0.05) is 19.2 Å². The van der Waals surface area contributed by atoms with Crippen molar-refractivity contribution in [2.45, 2.75) is 26.3 Å². The first-order chi connectivity index (χ1) is 10.4. The van der Waals surface area contributed by atoms with Crippen molar-refractivity contribution in [3.63, 3.8) is 0 Å². The molecule has 0 aliphatic carbocycles. The Kier molecular flexibility index (Phi) is 4.60. The summed E-state index contributed by atoms with van der Waals surface area (Å²) in [4.78, 5) is 23.8. The Bertz CT molecular complexity index is 692. The van der Waals surface area contributed by atoms with Crippen molar-refractivity contribution < 1.29 is 14.7 Å². The second kappa shape index (κ2) is 6.43. The van der Waals surface area contributed by atoms with Crippen LogP contribution in [-0.2, 0) is 18.3 Å². The number of aryl methyl sites for hydroxylation is 2. The maximum atomic E-state index is 12.4. The topological polar surface area (TPSA) is 84.2 Å². The molecule has 2 rings (SSSR count). The highest BCUT2D eigenvalue weighted by Gasteiger charge is 2.24. The number of aromatic nitrogens is 2. The molecule has 0 aliphatic heterocycles. The van der Waals surface area contributed by atoms with E-state index in [-0.39, 0.29) is 6.42 Å². The number of aliphatic carboxylic acids is 1. The number of nitrogens with zero attached hydrogens (tertiary/aromatic N) is 2. The Labute approximate surface area is 128 Å².